The Labute approximate surface area is 153 Å². The second-order valence-corrected chi connectivity index (χ2v) is 7.28. The summed E-state index contributed by atoms with van der Waals surface area (Å²) in [5.74, 6) is -0.922. The number of nitrogens with zero attached hydrogens (tertiary/aromatic N) is 2. The zero-order chi connectivity index (χ0) is 18.1. The summed E-state index contributed by atoms with van der Waals surface area (Å²) in [6, 6.07) is 19.2. The molecule has 1 saturated heterocycles. The van der Waals surface area contributed by atoms with E-state index in [9.17, 15) is 9.90 Å². The number of aromatic nitrogens is 1. The first-order valence-corrected chi connectivity index (χ1v) is 9.23. The first kappa shape index (κ1) is 16.9. The monoisotopic (exact) mass is 348 g/mol. The van der Waals surface area contributed by atoms with Crippen LogP contribution < -0.4 is 0 Å². The van der Waals surface area contributed by atoms with Crippen molar-refractivity contribution in [1.82, 2.24) is 9.47 Å². The Morgan fingerprint density at radius 2 is 2.00 bits per heavy atom. The number of para-hydroxylation sites is 1. The molecule has 0 radical (unpaired) electrons. The first-order valence-electron chi connectivity index (χ1n) is 9.23. The molecule has 1 aliphatic rings. The van der Waals surface area contributed by atoms with Crippen LogP contribution in [-0.4, -0.2) is 33.6 Å². The largest absolute Gasteiger partial charge is 0.481 e. The molecule has 0 aliphatic carbocycles. The molecule has 2 heterocycles. The van der Waals surface area contributed by atoms with Gasteiger partial charge in [-0.1, -0.05) is 30.3 Å². The van der Waals surface area contributed by atoms with Crippen LogP contribution in [0.25, 0.3) is 16.6 Å². The molecule has 134 valence electrons. The van der Waals surface area contributed by atoms with Gasteiger partial charge in [-0.05, 0) is 56.1 Å². The smallest absolute Gasteiger partial charge is 0.307 e. The van der Waals surface area contributed by atoms with Gasteiger partial charge in [0.05, 0.1) is 11.4 Å². The molecule has 1 unspecified atom stereocenters. The molecule has 4 rings (SSSR count). The van der Waals surface area contributed by atoms with E-state index in [1.807, 2.05) is 0 Å². The zero-order valence-electron chi connectivity index (χ0n) is 15.1. The van der Waals surface area contributed by atoms with Crippen LogP contribution in [-0.2, 0) is 11.3 Å². The molecular weight excluding hydrogens is 324 g/mol. The molecule has 3 aromatic rings. The van der Waals surface area contributed by atoms with Gasteiger partial charge in [-0.3, -0.25) is 9.69 Å². The quantitative estimate of drug-likeness (QED) is 0.767. The Bertz CT molecular complexity index is 944. The van der Waals surface area contributed by atoms with E-state index in [4.69, 9.17) is 0 Å². The molecule has 1 aliphatic heterocycles. The van der Waals surface area contributed by atoms with Crippen LogP contribution >= 0.6 is 0 Å². The number of carboxylic acids is 1. The molecule has 0 amide bonds. The van der Waals surface area contributed by atoms with Crippen LogP contribution in [0.5, 0.6) is 0 Å². The van der Waals surface area contributed by atoms with E-state index in [-0.39, 0.29) is 5.92 Å². The topological polar surface area (TPSA) is 45.5 Å². The molecule has 0 spiro atoms. The third-order valence-electron chi connectivity index (χ3n) is 5.29. The highest BCUT2D eigenvalue weighted by Crippen LogP contribution is 2.27. The molecule has 0 bridgehead atoms. The summed E-state index contributed by atoms with van der Waals surface area (Å²) in [5.41, 5.74) is 4.80. The van der Waals surface area contributed by atoms with Gasteiger partial charge in [-0.25, -0.2) is 0 Å². The van der Waals surface area contributed by atoms with E-state index in [0.717, 1.165) is 31.6 Å². The van der Waals surface area contributed by atoms with Crippen molar-refractivity contribution in [2.45, 2.75) is 26.3 Å². The summed E-state index contributed by atoms with van der Waals surface area (Å²) in [4.78, 5) is 13.7. The third-order valence-corrected chi connectivity index (χ3v) is 5.29. The molecule has 4 heteroatoms. The summed E-state index contributed by atoms with van der Waals surface area (Å²) in [7, 11) is 0. The van der Waals surface area contributed by atoms with Crippen molar-refractivity contribution in [2.24, 2.45) is 5.92 Å². The predicted octanol–water partition coefficient (Wildman–Crippen LogP) is 4.24. The second-order valence-electron chi connectivity index (χ2n) is 7.28. The maximum Gasteiger partial charge on any atom is 0.307 e. The zero-order valence-corrected chi connectivity index (χ0v) is 15.1. The molecule has 2 aromatic carbocycles. The maximum atomic E-state index is 11.4. The fourth-order valence-corrected chi connectivity index (χ4v) is 4.03. The van der Waals surface area contributed by atoms with Crippen molar-refractivity contribution in [1.29, 1.82) is 0 Å². The second kappa shape index (κ2) is 6.96. The Balaban J connectivity index is 1.73. The number of likely N-dealkylation sites (tertiary alicyclic amines) is 1. The van der Waals surface area contributed by atoms with Crippen LogP contribution in [0.3, 0.4) is 0 Å². The summed E-state index contributed by atoms with van der Waals surface area (Å²) in [6.07, 6.45) is 1.73. The number of benzene rings is 2. The minimum absolute atomic E-state index is 0.249. The maximum absolute atomic E-state index is 11.4. The highest BCUT2D eigenvalue weighted by molar-refractivity contribution is 5.83. The number of carbonyl (C=O) groups is 1. The van der Waals surface area contributed by atoms with Crippen LogP contribution in [0.1, 0.15) is 24.1 Å². The Morgan fingerprint density at radius 3 is 2.81 bits per heavy atom. The minimum Gasteiger partial charge on any atom is -0.481 e. The highest BCUT2D eigenvalue weighted by atomic mass is 16.4. The lowest BCUT2D eigenvalue weighted by molar-refractivity contribution is -0.143. The molecule has 0 saturated carbocycles. The summed E-state index contributed by atoms with van der Waals surface area (Å²) >= 11 is 0. The van der Waals surface area contributed by atoms with Crippen molar-refractivity contribution < 1.29 is 9.90 Å². The van der Waals surface area contributed by atoms with Crippen molar-refractivity contribution in [3.05, 3.63) is 65.9 Å². The van der Waals surface area contributed by atoms with Gasteiger partial charge < -0.3 is 9.67 Å². The van der Waals surface area contributed by atoms with Crippen molar-refractivity contribution in [3.63, 3.8) is 0 Å². The molecule has 1 aromatic heterocycles. The number of carboxylic acid groups (broad SMARTS) is 1. The normalized spacial score (nSPS) is 18.3. The van der Waals surface area contributed by atoms with Crippen molar-refractivity contribution in [2.75, 3.05) is 13.1 Å². The summed E-state index contributed by atoms with van der Waals surface area (Å²) < 4.78 is 2.31. The number of rotatable bonds is 4. The third kappa shape index (κ3) is 3.25. The predicted molar refractivity (Wildman–Crippen MR) is 104 cm³/mol. The molecule has 1 N–H and O–H groups in total. The number of hydrogen-bond donors (Lipinski definition) is 1. The Morgan fingerprint density at radius 1 is 1.15 bits per heavy atom. The van der Waals surface area contributed by atoms with E-state index in [2.05, 4.69) is 71.0 Å². The number of aliphatic carboxylic acids is 1. The van der Waals surface area contributed by atoms with Crippen LogP contribution in [0.2, 0.25) is 0 Å². The van der Waals surface area contributed by atoms with Crippen LogP contribution in [0.4, 0.5) is 0 Å². The standard InChI is InChI=1S/C22H24N2O2/c1-16-6-4-9-19(12-16)24-20(13-17-7-2-3-10-21(17)24)15-23-11-5-8-18(14-23)22(25)26/h2-4,6-7,9-10,12-13,18H,5,8,11,14-15H2,1H3,(H,25,26). The SMILES string of the molecule is Cc1cccc(-n2c(CN3CCCC(C(=O)O)C3)cc3ccccc32)c1. The summed E-state index contributed by atoms with van der Waals surface area (Å²) in [6.45, 7) is 4.47. The lowest BCUT2D eigenvalue weighted by Crippen LogP contribution is -2.38. The van der Waals surface area contributed by atoms with Gasteiger partial charge >= 0.3 is 5.97 Å². The van der Waals surface area contributed by atoms with Gasteiger partial charge in [0.15, 0.2) is 0 Å². The van der Waals surface area contributed by atoms with Gasteiger partial charge in [0.1, 0.15) is 0 Å². The average Bonchev–Trinajstić information content (AvgIpc) is 2.99. The minimum atomic E-state index is -0.672. The van der Waals surface area contributed by atoms with Crippen LogP contribution in [0.15, 0.2) is 54.6 Å². The van der Waals surface area contributed by atoms with Gasteiger partial charge in [0, 0.05) is 29.9 Å². The number of aryl methyl sites for hydroxylation is 1. The molecule has 1 fully saturated rings. The lowest BCUT2D eigenvalue weighted by atomic mass is 9.98. The fourth-order valence-electron chi connectivity index (χ4n) is 4.03. The van der Waals surface area contributed by atoms with Crippen molar-refractivity contribution in [3.8, 4) is 5.69 Å². The number of hydrogen-bond acceptors (Lipinski definition) is 2. The molecule has 26 heavy (non-hydrogen) atoms. The van der Waals surface area contributed by atoms with Gasteiger partial charge in [-0.15, -0.1) is 0 Å². The van der Waals surface area contributed by atoms with E-state index < -0.39 is 5.97 Å². The molecular formula is C22H24N2O2. The number of fused-ring (bicyclic) bond motifs is 1. The van der Waals surface area contributed by atoms with Crippen LogP contribution in [0, 0.1) is 12.8 Å². The van der Waals surface area contributed by atoms with Gasteiger partial charge in [0.25, 0.3) is 0 Å². The fraction of sp³-hybridized carbons (Fsp3) is 0.318. The van der Waals surface area contributed by atoms with E-state index in [1.54, 1.807) is 0 Å². The number of piperidine rings is 1. The van der Waals surface area contributed by atoms with E-state index in [1.165, 1.54) is 22.2 Å². The molecule has 4 nitrogen and oxygen atoms in total. The van der Waals surface area contributed by atoms with Gasteiger partial charge in [-0.2, -0.15) is 0 Å². The molecule has 1 atom stereocenters. The first-order chi connectivity index (χ1) is 12.6. The van der Waals surface area contributed by atoms with Gasteiger partial charge in [0.2, 0.25) is 0 Å². The van der Waals surface area contributed by atoms with E-state index in [0.29, 0.717) is 6.54 Å². The highest BCUT2D eigenvalue weighted by Gasteiger charge is 2.26. The van der Waals surface area contributed by atoms with Crippen molar-refractivity contribution >= 4 is 16.9 Å². The Kier molecular flexibility index (Phi) is 4.51. The average molecular weight is 348 g/mol. The lowest BCUT2D eigenvalue weighted by Gasteiger charge is -2.30. The summed E-state index contributed by atoms with van der Waals surface area (Å²) in [5, 5.41) is 10.6. The Hall–Kier alpha value is -2.59. The van der Waals surface area contributed by atoms with E-state index >= 15 is 0 Å².